The van der Waals surface area contributed by atoms with E-state index in [1.807, 2.05) is 0 Å². The van der Waals surface area contributed by atoms with E-state index in [1.165, 1.54) is 71.4 Å². The van der Waals surface area contributed by atoms with Crippen LogP contribution in [0.1, 0.15) is 31.4 Å². The highest BCUT2D eigenvalue weighted by atomic mass is 15.1. The minimum atomic E-state index is -0.0579. The lowest BCUT2D eigenvalue weighted by molar-refractivity contribution is 0.533. The highest BCUT2D eigenvalue weighted by molar-refractivity contribution is 6.26. The summed E-state index contributed by atoms with van der Waals surface area (Å²) in [4.78, 5) is 2.38. The average molecular weight is 860 g/mol. The predicted molar refractivity (Wildman–Crippen MR) is 285 cm³/mol. The van der Waals surface area contributed by atoms with E-state index < -0.39 is 0 Å². The third-order valence-electron chi connectivity index (χ3n) is 13.8. The Bertz CT molecular complexity index is 3720. The van der Waals surface area contributed by atoms with Gasteiger partial charge in [0.05, 0.1) is 27.8 Å². The van der Waals surface area contributed by atoms with Crippen molar-refractivity contribution in [3.63, 3.8) is 0 Å². The third-order valence-corrected chi connectivity index (χ3v) is 13.8. The van der Waals surface area contributed by atoms with Crippen LogP contribution in [0.4, 0.5) is 11.4 Å². The van der Waals surface area contributed by atoms with Crippen molar-refractivity contribution in [3.8, 4) is 33.6 Å². The molecular formula is C64H49N3. The monoisotopic (exact) mass is 859 g/mol. The van der Waals surface area contributed by atoms with Crippen LogP contribution in [-0.4, -0.2) is 9.13 Å². The maximum Gasteiger partial charge on any atom is 0.0789 e. The molecule has 0 unspecified atom stereocenters. The summed E-state index contributed by atoms with van der Waals surface area (Å²) in [5.74, 6) is 0. The van der Waals surface area contributed by atoms with Crippen LogP contribution in [-0.2, 0) is 5.41 Å². The SMILES string of the molecule is C=C1/C(N(c2ccc(-c3ccccc3)cc2)c2ccc(-c3cccc4c3c3ccc5c6ccccc6n(-c6ccccc6)c5c3n4-c3ccccc3)cc2)=C\C=C/CC(C)(C)c2ccccc21. The molecule has 67 heavy (non-hydrogen) atoms. The molecule has 3 heteroatoms. The Kier molecular flexibility index (Phi) is 9.73. The van der Waals surface area contributed by atoms with E-state index in [9.17, 15) is 0 Å². The molecule has 1 aliphatic carbocycles. The summed E-state index contributed by atoms with van der Waals surface area (Å²) in [6, 6.07) is 79.4. The standard InChI is InChI=1S/C64H49N3/c1-44-52-26-13-15-29-57(52)64(2,3)43-18-17-30-58(44)65(50-37-33-46(34-38-50)45-20-7-4-8-21-45)51-39-35-47(36-40-51)53-28-19-32-60-61(53)56-42-41-55-54-27-14-16-31-59(54)66(48-22-9-5-10-23-48)62(55)63(56)67(60)49-24-11-6-12-25-49/h4-42H,1,43H2,2-3H3/b18-17-,58-30+. The minimum absolute atomic E-state index is 0.0579. The van der Waals surface area contributed by atoms with Gasteiger partial charge in [0, 0.05) is 44.3 Å². The first-order chi connectivity index (χ1) is 32.9. The molecule has 0 atom stereocenters. The van der Waals surface area contributed by atoms with Crippen molar-refractivity contribution in [1.82, 2.24) is 9.13 Å². The first kappa shape index (κ1) is 40.1. The van der Waals surface area contributed by atoms with Crippen molar-refractivity contribution >= 4 is 60.6 Å². The smallest absolute Gasteiger partial charge is 0.0789 e. The van der Waals surface area contributed by atoms with Gasteiger partial charge in [-0.15, -0.1) is 0 Å². The van der Waals surface area contributed by atoms with Gasteiger partial charge in [0.25, 0.3) is 0 Å². The summed E-state index contributed by atoms with van der Waals surface area (Å²) in [6.45, 7) is 9.51. The van der Waals surface area contributed by atoms with Crippen LogP contribution in [0.3, 0.4) is 0 Å². The molecule has 0 fully saturated rings. The highest BCUT2D eigenvalue weighted by Gasteiger charge is 2.28. The molecular weight excluding hydrogens is 811 g/mol. The van der Waals surface area contributed by atoms with Gasteiger partial charge in [-0.2, -0.15) is 0 Å². The summed E-state index contributed by atoms with van der Waals surface area (Å²) in [6.07, 6.45) is 7.68. The van der Waals surface area contributed by atoms with Crippen LogP contribution < -0.4 is 4.90 Å². The van der Waals surface area contributed by atoms with Crippen molar-refractivity contribution < 1.29 is 0 Å². The van der Waals surface area contributed by atoms with E-state index in [0.717, 1.165) is 46.0 Å². The molecule has 0 N–H and O–H groups in total. The van der Waals surface area contributed by atoms with Crippen LogP contribution >= 0.6 is 0 Å². The number of nitrogens with zero attached hydrogens (tertiary/aromatic N) is 3. The molecule has 11 aromatic rings. The molecule has 0 bridgehead atoms. The number of hydrogen-bond donors (Lipinski definition) is 0. The minimum Gasteiger partial charge on any atom is -0.310 e. The summed E-state index contributed by atoms with van der Waals surface area (Å²) >= 11 is 0. The van der Waals surface area contributed by atoms with E-state index in [2.05, 4.69) is 264 Å². The molecule has 0 aliphatic heterocycles. The number of benzene rings is 9. The van der Waals surface area contributed by atoms with Gasteiger partial charge in [-0.05, 0) is 118 Å². The van der Waals surface area contributed by atoms with Gasteiger partial charge in [0.1, 0.15) is 0 Å². The fourth-order valence-electron chi connectivity index (χ4n) is 10.6. The average Bonchev–Trinajstić information content (AvgIpc) is 3.92. The molecule has 2 aromatic heterocycles. The lowest BCUT2D eigenvalue weighted by Gasteiger charge is -2.32. The van der Waals surface area contributed by atoms with E-state index in [4.69, 9.17) is 6.58 Å². The van der Waals surface area contributed by atoms with Crippen molar-refractivity contribution in [3.05, 3.63) is 260 Å². The molecule has 0 saturated carbocycles. The number of allylic oxidation sites excluding steroid dienone is 4. The van der Waals surface area contributed by atoms with Gasteiger partial charge in [0.15, 0.2) is 0 Å². The Morgan fingerprint density at radius 2 is 0.970 bits per heavy atom. The number of hydrogen-bond acceptors (Lipinski definition) is 1. The highest BCUT2D eigenvalue weighted by Crippen LogP contribution is 2.46. The first-order valence-electron chi connectivity index (χ1n) is 23.3. The van der Waals surface area contributed by atoms with Crippen LogP contribution in [0.25, 0.3) is 82.8 Å². The lowest BCUT2D eigenvalue weighted by Crippen LogP contribution is -2.20. The lowest BCUT2D eigenvalue weighted by atomic mass is 9.77. The molecule has 0 saturated heterocycles. The van der Waals surface area contributed by atoms with E-state index in [-0.39, 0.29) is 5.41 Å². The van der Waals surface area contributed by atoms with Gasteiger partial charge < -0.3 is 14.0 Å². The maximum absolute atomic E-state index is 4.85. The molecule has 0 spiro atoms. The Morgan fingerprint density at radius 1 is 0.448 bits per heavy atom. The summed E-state index contributed by atoms with van der Waals surface area (Å²) in [5.41, 5.74) is 18.3. The third kappa shape index (κ3) is 6.73. The second kappa shape index (κ2) is 16.2. The van der Waals surface area contributed by atoms with E-state index in [1.54, 1.807) is 0 Å². The fraction of sp³-hybridized carbons (Fsp3) is 0.0625. The van der Waals surface area contributed by atoms with Crippen molar-refractivity contribution in [2.45, 2.75) is 25.7 Å². The number of fused-ring (bicyclic) bond motifs is 8. The Balaban J connectivity index is 1.06. The molecule has 0 amide bonds. The zero-order valence-electron chi connectivity index (χ0n) is 37.8. The van der Waals surface area contributed by atoms with Crippen LogP contribution in [0, 0.1) is 0 Å². The Morgan fingerprint density at radius 3 is 1.67 bits per heavy atom. The molecule has 0 radical (unpaired) electrons. The first-order valence-corrected chi connectivity index (χ1v) is 23.3. The second-order valence-electron chi connectivity index (χ2n) is 18.3. The number of aromatic nitrogens is 2. The van der Waals surface area contributed by atoms with Crippen LogP contribution in [0.15, 0.2) is 249 Å². The van der Waals surface area contributed by atoms with Crippen molar-refractivity contribution in [2.24, 2.45) is 0 Å². The zero-order valence-corrected chi connectivity index (χ0v) is 37.8. The van der Waals surface area contributed by atoms with Crippen LogP contribution in [0.2, 0.25) is 0 Å². The second-order valence-corrected chi connectivity index (χ2v) is 18.3. The zero-order chi connectivity index (χ0) is 45.1. The van der Waals surface area contributed by atoms with E-state index in [0.29, 0.717) is 0 Å². The quantitative estimate of drug-likeness (QED) is 0.156. The fourth-order valence-corrected chi connectivity index (χ4v) is 10.6. The molecule has 9 aromatic carbocycles. The van der Waals surface area contributed by atoms with Gasteiger partial charge in [-0.25, -0.2) is 0 Å². The van der Waals surface area contributed by atoms with E-state index >= 15 is 0 Å². The normalized spacial score (nSPS) is 14.9. The topological polar surface area (TPSA) is 13.1 Å². The number of para-hydroxylation sites is 3. The molecule has 2 heterocycles. The predicted octanol–water partition coefficient (Wildman–Crippen LogP) is 17.2. The Hall–Kier alpha value is -8.40. The van der Waals surface area contributed by atoms with Gasteiger partial charge in [0.2, 0.25) is 0 Å². The summed E-state index contributed by atoms with van der Waals surface area (Å²) in [7, 11) is 0. The molecule has 320 valence electrons. The summed E-state index contributed by atoms with van der Waals surface area (Å²) in [5, 5.41) is 4.91. The van der Waals surface area contributed by atoms with Crippen molar-refractivity contribution in [2.75, 3.05) is 4.90 Å². The molecule has 12 rings (SSSR count). The summed E-state index contributed by atoms with van der Waals surface area (Å²) < 4.78 is 4.93. The van der Waals surface area contributed by atoms with Gasteiger partial charge in [-0.3, -0.25) is 0 Å². The maximum atomic E-state index is 4.85. The Labute approximate surface area is 392 Å². The molecule has 3 nitrogen and oxygen atoms in total. The molecule has 1 aliphatic rings. The van der Waals surface area contributed by atoms with Gasteiger partial charge >= 0.3 is 0 Å². The van der Waals surface area contributed by atoms with Crippen LogP contribution in [0.5, 0.6) is 0 Å². The number of anilines is 2. The van der Waals surface area contributed by atoms with Crippen molar-refractivity contribution in [1.29, 1.82) is 0 Å². The largest absolute Gasteiger partial charge is 0.310 e. The number of rotatable bonds is 7. The van der Waals surface area contributed by atoms with Gasteiger partial charge in [-0.1, -0.05) is 190 Å².